The monoisotopic (exact) mass is 353 g/mol. The fraction of sp³-hybridized carbons (Fsp3) is 0.133. The number of anilines is 1. The van der Waals surface area contributed by atoms with Crippen LogP contribution >= 0.6 is 27.5 Å². The van der Waals surface area contributed by atoms with Crippen LogP contribution in [0.25, 0.3) is 0 Å². The van der Waals surface area contributed by atoms with Gasteiger partial charge in [0.05, 0.1) is 11.6 Å². The number of halogens is 2. The Bertz CT molecular complexity index is 631. The second-order valence-electron chi connectivity index (χ2n) is 4.22. The van der Waals surface area contributed by atoms with Crippen LogP contribution in [0.15, 0.2) is 46.9 Å². The summed E-state index contributed by atoms with van der Waals surface area (Å²) in [5, 5.41) is 3.34. The maximum atomic E-state index is 12.1. The SMILES string of the molecule is COCc1cccc(NC(=O)c2ccc(Br)c(Cl)c2)c1. The van der Waals surface area contributed by atoms with E-state index < -0.39 is 0 Å². The minimum atomic E-state index is -0.200. The standard InChI is InChI=1S/C15H13BrClNO2/c1-20-9-10-3-2-4-12(7-10)18-15(19)11-5-6-13(16)14(17)8-11/h2-8H,9H2,1H3,(H,18,19). The fourth-order valence-electron chi connectivity index (χ4n) is 1.75. The van der Waals surface area contributed by atoms with Crippen molar-refractivity contribution < 1.29 is 9.53 Å². The maximum absolute atomic E-state index is 12.1. The highest BCUT2D eigenvalue weighted by atomic mass is 79.9. The molecule has 0 saturated heterocycles. The minimum absolute atomic E-state index is 0.200. The third-order valence-electron chi connectivity index (χ3n) is 2.68. The summed E-state index contributed by atoms with van der Waals surface area (Å²) in [6, 6.07) is 12.6. The van der Waals surface area contributed by atoms with Gasteiger partial charge >= 0.3 is 0 Å². The highest BCUT2D eigenvalue weighted by Crippen LogP contribution is 2.23. The Morgan fingerprint density at radius 2 is 2.10 bits per heavy atom. The van der Waals surface area contributed by atoms with Gasteiger partial charge in [0.15, 0.2) is 0 Å². The van der Waals surface area contributed by atoms with Crippen molar-refractivity contribution in [2.24, 2.45) is 0 Å². The van der Waals surface area contributed by atoms with Gasteiger partial charge in [0.2, 0.25) is 0 Å². The molecule has 0 atom stereocenters. The minimum Gasteiger partial charge on any atom is -0.380 e. The number of methoxy groups -OCH3 is 1. The van der Waals surface area contributed by atoms with Crippen LogP contribution in [-0.4, -0.2) is 13.0 Å². The summed E-state index contributed by atoms with van der Waals surface area (Å²) >= 11 is 9.28. The second kappa shape index (κ2) is 6.88. The number of carbonyl (C=O) groups excluding carboxylic acids is 1. The van der Waals surface area contributed by atoms with Gasteiger partial charge in [0, 0.05) is 22.8 Å². The lowest BCUT2D eigenvalue weighted by Crippen LogP contribution is -2.12. The van der Waals surface area contributed by atoms with E-state index in [1.807, 2.05) is 24.3 Å². The summed E-state index contributed by atoms with van der Waals surface area (Å²) in [6.45, 7) is 0.508. The van der Waals surface area contributed by atoms with E-state index in [9.17, 15) is 4.79 Å². The molecule has 2 rings (SSSR count). The van der Waals surface area contributed by atoms with Crippen molar-refractivity contribution in [3.05, 3.63) is 63.1 Å². The highest BCUT2D eigenvalue weighted by Gasteiger charge is 2.08. The molecule has 1 N–H and O–H groups in total. The van der Waals surface area contributed by atoms with Crippen LogP contribution in [0, 0.1) is 0 Å². The molecule has 104 valence electrons. The molecule has 3 nitrogen and oxygen atoms in total. The van der Waals surface area contributed by atoms with Gasteiger partial charge in [0.25, 0.3) is 5.91 Å². The molecule has 20 heavy (non-hydrogen) atoms. The largest absolute Gasteiger partial charge is 0.380 e. The van der Waals surface area contributed by atoms with Crippen molar-refractivity contribution in [3.8, 4) is 0 Å². The van der Waals surface area contributed by atoms with Crippen molar-refractivity contribution in [2.45, 2.75) is 6.61 Å². The first kappa shape index (κ1) is 15.0. The van der Waals surface area contributed by atoms with E-state index in [-0.39, 0.29) is 5.91 Å². The van der Waals surface area contributed by atoms with Crippen molar-refractivity contribution in [1.82, 2.24) is 0 Å². The third kappa shape index (κ3) is 3.82. The zero-order valence-electron chi connectivity index (χ0n) is 10.8. The van der Waals surface area contributed by atoms with Gasteiger partial charge < -0.3 is 10.1 Å². The number of benzene rings is 2. The van der Waals surface area contributed by atoms with E-state index in [4.69, 9.17) is 16.3 Å². The Morgan fingerprint density at radius 3 is 2.80 bits per heavy atom. The summed E-state index contributed by atoms with van der Waals surface area (Å²) < 4.78 is 5.83. The van der Waals surface area contributed by atoms with E-state index in [1.54, 1.807) is 25.3 Å². The van der Waals surface area contributed by atoms with Crippen LogP contribution in [0.2, 0.25) is 5.02 Å². The quantitative estimate of drug-likeness (QED) is 0.878. The predicted octanol–water partition coefficient (Wildman–Crippen LogP) is 4.50. The van der Waals surface area contributed by atoms with E-state index in [1.165, 1.54) is 0 Å². The number of ether oxygens (including phenoxy) is 1. The Labute approximate surface area is 131 Å². The highest BCUT2D eigenvalue weighted by molar-refractivity contribution is 9.10. The molecule has 5 heteroatoms. The first-order chi connectivity index (χ1) is 9.60. The summed E-state index contributed by atoms with van der Waals surface area (Å²) in [7, 11) is 1.63. The molecule has 0 fully saturated rings. The molecule has 0 spiro atoms. The molecular weight excluding hydrogens is 342 g/mol. The Balaban J connectivity index is 2.14. The van der Waals surface area contributed by atoms with E-state index in [0.29, 0.717) is 17.2 Å². The molecule has 0 aliphatic rings. The van der Waals surface area contributed by atoms with Gasteiger partial charge in [-0.15, -0.1) is 0 Å². The van der Waals surface area contributed by atoms with Gasteiger partial charge in [-0.05, 0) is 51.8 Å². The van der Waals surface area contributed by atoms with Gasteiger partial charge in [-0.25, -0.2) is 0 Å². The summed E-state index contributed by atoms with van der Waals surface area (Å²) in [5.74, 6) is -0.200. The third-order valence-corrected chi connectivity index (χ3v) is 3.91. The van der Waals surface area contributed by atoms with Crippen molar-refractivity contribution in [1.29, 1.82) is 0 Å². The van der Waals surface area contributed by atoms with Gasteiger partial charge in [-0.3, -0.25) is 4.79 Å². The lowest BCUT2D eigenvalue weighted by molar-refractivity contribution is 0.102. The van der Waals surface area contributed by atoms with Crippen LogP contribution in [0.3, 0.4) is 0 Å². The first-order valence-corrected chi connectivity index (χ1v) is 7.11. The van der Waals surface area contributed by atoms with Crippen LogP contribution in [-0.2, 0) is 11.3 Å². The zero-order chi connectivity index (χ0) is 14.5. The Kier molecular flexibility index (Phi) is 5.17. The van der Waals surface area contributed by atoms with Crippen molar-refractivity contribution in [3.63, 3.8) is 0 Å². The average Bonchev–Trinajstić information content (AvgIpc) is 2.42. The molecule has 0 aromatic heterocycles. The van der Waals surface area contributed by atoms with Crippen molar-refractivity contribution in [2.75, 3.05) is 12.4 Å². The first-order valence-electron chi connectivity index (χ1n) is 5.94. The zero-order valence-corrected chi connectivity index (χ0v) is 13.2. The smallest absolute Gasteiger partial charge is 0.255 e. The van der Waals surface area contributed by atoms with Crippen LogP contribution in [0.4, 0.5) is 5.69 Å². The molecule has 0 radical (unpaired) electrons. The second-order valence-corrected chi connectivity index (χ2v) is 5.48. The predicted molar refractivity (Wildman–Crippen MR) is 84.3 cm³/mol. The van der Waals surface area contributed by atoms with Crippen molar-refractivity contribution >= 4 is 39.1 Å². The number of hydrogen-bond donors (Lipinski definition) is 1. The summed E-state index contributed by atoms with van der Waals surface area (Å²) in [5.41, 5.74) is 2.23. The number of nitrogens with one attached hydrogen (secondary N) is 1. The van der Waals surface area contributed by atoms with E-state index in [0.717, 1.165) is 15.7 Å². The van der Waals surface area contributed by atoms with Gasteiger partial charge in [-0.2, -0.15) is 0 Å². The van der Waals surface area contributed by atoms with Crippen LogP contribution in [0.5, 0.6) is 0 Å². The molecular formula is C15H13BrClNO2. The lowest BCUT2D eigenvalue weighted by Gasteiger charge is -2.08. The molecule has 0 unspecified atom stereocenters. The van der Waals surface area contributed by atoms with Crippen LogP contribution < -0.4 is 5.32 Å². The molecule has 2 aromatic rings. The molecule has 0 heterocycles. The normalized spacial score (nSPS) is 10.3. The molecule has 1 amide bonds. The molecule has 0 bridgehead atoms. The topological polar surface area (TPSA) is 38.3 Å². The fourth-order valence-corrected chi connectivity index (χ4v) is 2.17. The molecule has 0 aliphatic heterocycles. The van der Waals surface area contributed by atoms with Crippen LogP contribution in [0.1, 0.15) is 15.9 Å². The Hall–Kier alpha value is -1.36. The van der Waals surface area contributed by atoms with E-state index >= 15 is 0 Å². The number of amides is 1. The lowest BCUT2D eigenvalue weighted by atomic mass is 10.2. The average molecular weight is 355 g/mol. The van der Waals surface area contributed by atoms with Gasteiger partial charge in [-0.1, -0.05) is 23.7 Å². The summed E-state index contributed by atoms with van der Waals surface area (Å²) in [6.07, 6.45) is 0. The van der Waals surface area contributed by atoms with Gasteiger partial charge in [0.1, 0.15) is 0 Å². The number of hydrogen-bond acceptors (Lipinski definition) is 2. The molecule has 0 aliphatic carbocycles. The number of carbonyl (C=O) groups is 1. The molecule has 2 aromatic carbocycles. The maximum Gasteiger partial charge on any atom is 0.255 e. The molecule has 0 saturated carbocycles. The number of rotatable bonds is 4. The summed E-state index contributed by atoms with van der Waals surface area (Å²) in [4.78, 5) is 12.1. The van der Waals surface area contributed by atoms with E-state index in [2.05, 4.69) is 21.2 Å². The Morgan fingerprint density at radius 1 is 1.30 bits per heavy atom.